The molecule has 0 bridgehead atoms. The van der Waals surface area contributed by atoms with Crippen molar-refractivity contribution in [2.24, 2.45) is 5.84 Å². The highest BCUT2D eigenvalue weighted by molar-refractivity contribution is 7.89. The van der Waals surface area contributed by atoms with E-state index in [1.807, 2.05) is 0 Å². The lowest BCUT2D eigenvalue weighted by Gasteiger charge is -1.94. The number of hydrazine groups is 1. The predicted octanol–water partition coefficient (Wildman–Crippen LogP) is -0.396. The van der Waals surface area contributed by atoms with Crippen molar-refractivity contribution in [3.8, 4) is 0 Å². The van der Waals surface area contributed by atoms with Crippen molar-refractivity contribution < 1.29 is 8.42 Å². The molecule has 5 nitrogen and oxygen atoms in total. The Labute approximate surface area is 68.3 Å². The molecular weight excluding hydrogens is 186 g/mol. The quantitative estimate of drug-likeness (QED) is 0.494. The molecule has 0 saturated heterocycles. The third-order valence-corrected chi connectivity index (χ3v) is 3.02. The summed E-state index contributed by atoms with van der Waals surface area (Å²) in [6.45, 7) is 1.72. The van der Waals surface area contributed by atoms with Gasteiger partial charge in [0.2, 0.25) is 0 Å². The number of aromatic nitrogens is 1. The van der Waals surface area contributed by atoms with Crippen LogP contribution in [0.4, 0.5) is 0 Å². The van der Waals surface area contributed by atoms with Crippen molar-refractivity contribution in [1.29, 1.82) is 0 Å². The Bertz CT molecular complexity index is 342. The molecule has 0 spiro atoms. The van der Waals surface area contributed by atoms with Gasteiger partial charge in [-0.25, -0.2) is 13.4 Å². The van der Waals surface area contributed by atoms with E-state index in [1.165, 1.54) is 16.7 Å². The van der Waals surface area contributed by atoms with E-state index in [-0.39, 0.29) is 5.03 Å². The Morgan fingerprint density at radius 2 is 2.36 bits per heavy atom. The summed E-state index contributed by atoms with van der Waals surface area (Å²) in [4.78, 5) is 5.43. The average Bonchev–Trinajstić information content (AvgIpc) is 2.36. The largest absolute Gasteiger partial charge is 0.271 e. The smallest absolute Gasteiger partial charge is 0.257 e. The molecule has 1 rings (SSSR count). The normalized spacial score (nSPS) is 11.8. The molecule has 1 heterocycles. The first kappa shape index (κ1) is 8.60. The maximum Gasteiger partial charge on any atom is 0.271 e. The number of sulfonamides is 1. The number of nitrogens with one attached hydrogen (secondary N) is 1. The number of thiazole rings is 1. The van der Waals surface area contributed by atoms with Gasteiger partial charge in [0.15, 0.2) is 5.03 Å². The first-order valence-corrected chi connectivity index (χ1v) is 5.07. The van der Waals surface area contributed by atoms with Gasteiger partial charge in [-0.05, 0) is 6.92 Å². The van der Waals surface area contributed by atoms with E-state index in [0.717, 1.165) is 0 Å². The molecule has 0 aromatic carbocycles. The second-order valence-corrected chi connectivity index (χ2v) is 4.55. The van der Waals surface area contributed by atoms with Crippen LogP contribution in [0.3, 0.4) is 0 Å². The minimum Gasteiger partial charge on any atom is -0.257 e. The van der Waals surface area contributed by atoms with Crippen LogP contribution in [0.25, 0.3) is 0 Å². The van der Waals surface area contributed by atoms with Crippen molar-refractivity contribution in [3.05, 3.63) is 10.4 Å². The Morgan fingerprint density at radius 1 is 1.73 bits per heavy atom. The molecule has 7 heteroatoms. The van der Waals surface area contributed by atoms with Crippen molar-refractivity contribution >= 4 is 21.4 Å². The highest BCUT2D eigenvalue weighted by Gasteiger charge is 2.14. The molecule has 11 heavy (non-hydrogen) atoms. The van der Waals surface area contributed by atoms with Gasteiger partial charge in [0.05, 0.1) is 5.01 Å². The molecule has 1 aromatic heterocycles. The molecular formula is C4H7N3O2S2. The van der Waals surface area contributed by atoms with Gasteiger partial charge in [0, 0.05) is 5.38 Å². The zero-order valence-electron chi connectivity index (χ0n) is 5.73. The number of rotatable bonds is 2. The monoisotopic (exact) mass is 193 g/mol. The van der Waals surface area contributed by atoms with Crippen LogP contribution in [0.2, 0.25) is 0 Å². The van der Waals surface area contributed by atoms with E-state index in [9.17, 15) is 8.42 Å². The first-order chi connectivity index (χ1) is 5.06. The second-order valence-electron chi connectivity index (χ2n) is 1.83. The number of hydrogen-bond acceptors (Lipinski definition) is 5. The minimum absolute atomic E-state index is 0.0255. The Morgan fingerprint density at radius 3 is 2.73 bits per heavy atom. The lowest BCUT2D eigenvalue weighted by Crippen LogP contribution is -2.30. The van der Waals surface area contributed by atoms with Crippen LogP contribution in [-0.4, -0.2) is 13.4 Å². The van der Waals surface area contributed by atoms with Crippen LogP contribution in [0.15, 0.2) is 10.4 Å². The second kappa shape index (κ2) is 2.86. The summed E-state index contributed by atoms with van der Waals surface area (Å²) >= 11 is 1.26. The van der Waals surface area contributed by atoms with E-state index >= 15 is 0 Å². The van der Waals surface area contributed by atoms with Crippen molar-refractivity contribution in [2.45, 2.75) is 11.9 Å². The van der Waals surface area contributed by atoms with Crippen LogP contribution in [-0.2, 0) is 10.0 Å². The first-order valence-electron chi connectivity index (χ1n) is 2.71. The molecule has 0 saturated carbocycles. The zero-order chi connectivity index (χ0) is 8.48. The van der Waals surface area contributed by atoms with Gasteiger partial charge in [-0.15, -0.1) is 16.2 Å². The highest BCUT2D eigenvalue weighted by Crippen LogP contribution is 2.11. The van der Waals surface area contributed by atoms with E-state index < -0.39 is 10.0 Å². The van der Waals surface area contributed by atoms with Gasteiger partial charge in [-0.2, -0.15) is 0 Å². The Balaban J connectivity index is 3.13. The van der Waals surface area contributed by atoms with Crippen LogP contribution in [0.1, 0.15) is 5.01 Å². The van der Waals surface area contributed by atoms with Crippen molar-refractivity contribution in [2.75, 3.05) is 0 Å². The summed E-state index contributed by atoms with van der Waals surface area (Å²) in [6.07, 6.45) is 0. The molecule has 3 N–H and O–H groups in total. The van der Waals surface area contributed by atoms with Gasteiger partial charge in [-0.3, -0.25) is 5.84 Å². The highest BCUT2D eigenvalue weighted by atomic mass is 32.2. The average molecular weight is 193 g/mol. The van der Waals surface area contributed by atoms with E-state index in [0.29, 0.717) is 5.01 Å². The maximum absolute atomic E-state index is 10.9. The molecule has 62 valence electrons. The molecule has 0 amide bonds. The molecule has 0 atom stereocenters. The third kappa shape index (κ3) is 1.74. The van der Waals surface area contributed by atoms with E-state index in [1.54, 1.807) is 11.8 Å². The number of nitrogens with two attached hydrogens (primary N) is 1. The van der Waals surface area contributed by atoms with Gasteiger partial charge >= 0.3 is 0 Å². The number of aryl methyl sites for hydroxylation is 1. The summed E-state index contributed by atoms with van der Waals surface area (Å²) < 4.78 is 21.8. The zero-order valence-corrected chi connectivity index (χ0v) is 7.37. The minimum atomic E-state index is -3.55. The summed E-state index contributed by atoms with van der Waals surface area (Å²) in [5.74, 6) is 4.77. The van der Waals surface area contributed by atoms with E-state index in [4.69, 9.17) is 5.84 Å². The van der Waals surface area contributed by atoms with Crippen LogP contribution < -0.4 is 10.7 Å². The maximum atomic E-state index is 10.9. The molecule has 0 fully saturated rings. The summed E-state index contributed by atoms with van der Waals surface area (Å²) in [5, 5.41) is 2.10. The fraction of sp³-hybridized carbons (Fsp3) is 0.250. The fourth-order valence-electron chi connectivity index (χ4n) is 0.527. The topological polar surface area (TPSA) is 85.1 Å². The van der Waals surface area contributed by atoms with Gasteiger partial charge < -0.3 is 0 Å². The molecule has 0 aliphatic heterocycles. The van der Waals surface area contributed by atoms with Crippen LogP contribution in [0, 0.1) is 6.92 Å². The van der Waals surface area contributed by atoms with Crippen LogP contribution >= 0.6 is 11.3 Å². The lowest BCUT2D eigenvalue weighted by molar-refractivity contribution is 0.581. The van der Waals surface area contributed by atoms with Gasteiger partial charge in [0.25, 0.3) is 10.0 Å². The molecule has 1 aromatic rings. The number of hydrogen-bond donors (Lipinski definition) is 2. The lowest BCUT2D eigenvalue weighted by atomic mass is 10.8. The molecule has 0 unspecified atom stereocenters. The van der Waals surface area contributed by atoms with Gasteiger partial charge in [-0.1, -0.05) is 0 Å². The standard InChI is InChI=1S/C4H7N3O2S2/c1-3-6-4(2-10-3)11(8,9)7-5/h2,7H,5H2,1H3. The Kier molecular flexibility index (Phi) is 2.23. The van der Waals surface area contributed by atoms with E-state index in [2.05, 4.69) is 4.98 Å². The summed E-state index contributed by atoms with van der Waals surface area (Å²) in [7, 11) is -3.55. The summed E-state index contributed by atoms with van der Waals surface area (Å²) in [6, 6.07) is 0. The molecule has 0 aliphatic carbocycles. The fourth-order valence-corrected chi connectivity index (χ4v) is 2.09. The number of nitrogens with zero attached hydrogens (tertiary/aromatic N) is 1. The summed E-state index contributed by atoms with van der Waals surface area (Å²) in [5.41, 5.74) is 0. The van der Waals surface area contributed by atoms with Crippen molar-refractivity contribution in [3.63, 3.8) is 0 Å². The SMILES string of the molecule is Cc1nc(S(=O)(=O)NN)cs1. The third-order valence-electron chi connectivity index (χ3n) is 1.03. The van der Waals surface area contributed by atoms with Crippen LogP contribution in [0.5, 0.6) is 0 Å². The molecule has 0 aliphatic rings. The van der Waals surface area contributed by atoms with Gasteiger partial charge in [0.1, 0.15) is 0 Å². The Hall–Kier alpha value is -0.500. The molecule has 0 radical (unpaired) electrons. The predicted molar refractivity (Wildman–Crippen MR) is 41.4 cm³/mol. The van der Waals surface area contributed by atoms with Crippen molar-refractivity contribution in [1.82, 2.24) is 9.82 Å².